The van der Waals surface area contributed by atoms with Crippen molar-refractivity contribution in [3.63, 3.8) is 0 Å². The predicted octanol–water partition coefficient (Wildman–Crippen LogP) is 5.65. The van der Waals surface area contributed by atoms with Gasteiger partial charge in [-0.2, -0.15) is 13.2 Å². The van der Waals surface area contributed by atoms with E-state index in [-0.39, 0.29) is 17.8 Å². The molecular formula is C25H24F3N5O3. The number of ether oxygens (including phenoxy) is 2. The van der Waals surface area contributed by atoms with Crippen LogP contribution < -0.4 is 14.8 Å². The number of nitrogens with one attached hydrogen (secondary N) is 1. The molecule has 0 radical (unpaired) electrons. The number of methoxy groups -OCH3 is 1. The van der Waals surface area contributed by atoms with E-state index in [0.29, 0.717) is 37.0 Å². The first-order valence-electron chi connectivity index (χ1n) is 11.1. The van der Waals surface area contributed by atoms with Gasteiger partial charge in [0.25, 0.3) is 0 Å². The van der Waals surface area contributed by atoms with Crippen molar-refractivity contribution in [3.8, 4) is 17.5 Å². The maximum Gasteiger partial charge on any atom is 0.417 e. The summed E-state index contributed by atoms with van der Waals surface area (Å²) in [5.74, 6) is 1.35. The van der Waals surface area contributed by atoms with Crippen LogP contribution in [-0.2, 0) is 6.18 Å². The van der Waals surface area contributed by atoms with Crippen molar-refractivity contribution in [1.29, 1.82) is 0 Å². The monoisotopic (exact) mass is 499 g/mol. The number of rotatable bonds is 5. The number of carbonyl (C=O) groups excluding carboxylic acids is 1. The number of benzene rings is 1. The normalized spacial score (nSPS) is 17.1. The zero-order valence-electron chi connectivity index (χ0n) is 19.6. The fourth-order valence-corrected chi connectivity index (χ4v) is 3.73. The second-order valence-corrected chi connectivity index (χ2v) is 8.25. The molecule has 3 aromatic rings. The molecule has 1 aliphatic rings. The second-order valence-electron chi connectivity index (χ2n) is 8.25. The Morgan fingerprint density at radius 2 is 1.92 bits per heavy atom. The highest BCUT2D eigenvalue weighted by Crippen LogP contribution is 2.31. The van der Waals surface area contributed by atoms with Gasteiger partial charge in [0.2, 0.25) is 11.8 Å². The summed E-state index contributed by atoms with van der Waals surface area (Å²) in [7, 11) is 1.49. The molecule has 36 heavy (non-hydrogen) atoms. The number of amides is 2. The first kappa shape index (κ1) is 25.0. The number of piperidine rings is 1. The van der Waals surface area contributed by atoms with Gasteiger partial charge in [0.05, 0.1) is 25.1 Å². The van der Waals surface area contributed by atoms with Gasteiger partial charge in [-0.05, 0) is 36.1 Å². The molecule has 8 nitrogen and oxygen atoms in total. The number of aromatic nitrogens is 3. The summed E-state index contributed by atoms with van der Waals surface area (Å²) in [4.78, 5) is 26.2. The highest BCUT2D eigenvalue weighted by Gasteiger charge is 2.30. The van der Waals surface area contributed by atoms with Crippen molar-refractivity contribution in [2.24, 2.45) is 5.92 Å². The molecule has 0 saturated carbocycles. The predicted molar refractivity (Wildman–Crippen MR) is 127 cm³/mol. The van der Waals surface area contributed by atoms with E-state index in [9.17, 15) is 18.0 Å². The molecule has 0 bridgehead atoms. The van der Waals surface area contributed by atoms with E-state index in [0.717, 1.165) is 17.8 Å². The number of halogens is 3. The van der Waals surface area contributed by atoms with Gasteiger partial charge in [-0.3, -0.25) is 5.32 Å². The smallest absolute Gasteiger partial charge is 0.417 e. The molecule has 4 rings (SSSR count). The van der Waals surface area contributed by atoms with Crippen LogP contribution in [0.5, 0.6) is 17.5 Å². The number of hydrogen-bond acceptors (Lipinski definition) is 6. The summed E-state index contributed by atoms with van der Waals surface area (Å²) in [6.45, 7) is 3.12. The molecule has 0 spiro atoms. The average Bonchev–Trinajstić information content (AvgIpc) is 2.86. The Morgan fingerprint density at radius 3 is 2.56 bits per heavy atom. The molecule has 11 heteroatoms. The third-order valence-corrected chi connectivity index (χ3v) is 5.65. The molecule has 2 aromatic heterocycles. The molecule has 3 heterocycles. The van der Waals surface area contributed by atoms with Crippen LogP contribution in [0.3, 0.4) is 0 Å². The average molecular weight is 499 g/mol. The molecule has 1 aromatic carbocycles. The third-order valence-electron chi connectivity index (χ3n) is 5.65. The van der Waals surface area contributed by atoms with Crippen LogP contribution in [0.4, 0.5) is 23.8 Å². The van der Waals surface area contributed by atoms with Crippen molar-refractivity contribution in [3.05, 3.63) is 71.7 Å². The lowest BCUT2D eigenvalue weighted by molar-refractivity contribution is -0.137. The van der Waals surface area contributed by atoms with Gasteiger partial charge in [-0.25, -0.2) is 19.7 Å². The summed E-state index contributed by atoms with van der Waals surface area (Å²) >= 11 is 0. The van der Waals surface area contributed by atoms with Crippen LogP contribution in [0.15, 0.2) is 60.6 Å². The lowest BCUT2D eigenvalue weighted by Gasteiger charge is -2.33. The molecule has 188 valence electrons. The van der Waals surface area contributed by atoms with E-state index < -0.39 is 11.7 Å². The van der Waals surface area contributed by atoms with Gasteiger partial charge in [-0.15, -0.1) is 0 Å². The van der Waals surface area contributed by atoms with Crippen LogP contribution in [0.2, 0.25) is 0 Å². The topological polar surface area (TPSA) is 89.5 Å². The highest BCUT2D eigenvalue weighted by atomic mass is 19.4. The number of carbonyl (C=O) groups is 1. The van der Waals surface area contributed by atoms with E-state index in [1.807, 2.05) is 19.1 Å². The summed E-state index contributed by atoms with van der Waals surface area (Å²) in [6, 6.07) is 9.08. The van der Waals surface area contributed by atoms with Crippen molar-refractivity contribution in [2.45, 2.75) is 19.5 Å². The van der Waals surface area contributed by atoms with Crippen molar-refractivity contribution < 1.29 is 27.4 Å². The van der Waals surface area contributed by atoms with Gasteiger partial charge in [-0.1, -0.05) is 30.7 Å². The number of urea groups is 1. The first-order valence-corrected chi connectivity index (χ1v) is 11.1. The lowest BCUT2D eigenvalue weighted by Crippen LogP contribution is -2.42. The standard InChI is InChI=1S/C25H24F3N5O3/c1-16-15-33(24(34)32-21-13-31-23(35-2)14-29-21)9-8-18(16)10-17-4-3-5-20(11-17)36-22-7-6-19(12-30-22)25(26,27)28/h3-7,10-14,16H,8-9,15H2,1-2H3,(H,29,32,34)/b18-10+. The van der Waals surface area contributed by atoms with E-state index in [4.69, 9.17) is 9.47 Å². The van der Waals surface area contributed by atoms with Crippen molar-refractivity contribution in [2.75, 3.05) is 25.5 Å². The number of anilines is 1. The Kier molecular flexibility index (Phi) is 7.37. The summed E-state index contributed by atoms with van der Waals surface area (Å²) in [5.41, 5.74) is 1.22. The maximum absolute atomic E-state index is 12.7. The maximum atomic E-state index is 12.7. The fourth-order valence-electron chi connectivity index (χ4n) is 3.73. The molecule has 1 unspecified atom stereocenters. The molecule has 1 atom stereocenters. The molecular weight excluding hydrogens is 475 g/mol. The number of likely N-dealkylation sites (tertiary alicyclic amines) is 1. The molecule has 0 aliphatic carbocycles. The Bertz CT molecular complexity index is 1230. The van der Waals surface area contributed by atoms with E-state index in [1.54, 1.807) is 23.1 Å². The molecule has 1 saturated heterocycles. The SMILES string of the molecule is COc1cnc(NC(=O)N2CC/C(=C\c3cccc(Oc4ccc(C(F)(F)F)cn4)c3)C(C)C2)cn1. The Labute approximate surface area is 205 Å². The van der Waals surface area contributed by atoms with Gasteiger partial charge in [0.1, 0.15) is 5.75 Å². The molecule has 2 amide bonds. The highest BCUT2D eigenvalue weighted by molar-refractivity contribution is 5.88. The van der Waals surface area contributed by atoms with E-state index in [2.05, 4.69) is 20.3 Å². The minimum atomic E-state index is -4.45. The summed E-state index contributed by atoms with van der Waals surface area (Å²) in [6.07, 6.45) is 1.89. The van der Waals surface area contributed by atoms with Gasteiger partial charge in [0, 0.05) is 25.4 Å². The molecule has 1 aliphatic heterocycles. The van der Waals surface area contributed by atoms with Gasteiger partial charge < -0.3 is 14.4 Å². The van der Waals surface area contributed by atoms with Crippen LogP contribution in [0, 0.1) is 5.92 Å². The minimum absolute atomic E-state index is 0.0713. The summed E-state index contributed by atoms with van der Waals surface area (Å²) < 4.78 is 48.8. The first-order chi connectivity index (χ1) is 17.2. The fraction of sp³-hybridized carbons (Fsp3) is 0.280. The van der Waals surface area contributed by atoms with Crippen molar-refractivity contribution >= 4 is 17.9 Å². The van der Waals surface area contributed by atoms with Gasteiger partial charge in [0.15, 0.2) is 5.82 Å². The zero-order chi connectivity index (χ0) is 25.7. The summed E-state index contributed by atoms with van der Waals surface area (Å²) in [5, 5.41) is 2.74. The van der Waals surface area contributed by atoms with Crippen LogP contribution in [0.1, 0.15) is 24.5 Å². The van der Waals surface area contributed by atoms with Crippen LogP contribution in [0.25, 0.3) is 6.08 Å². The van der Waals surface area contributed by atoms with Gasteiger partial charge >= 0.3 is 12.2 Å². The number of hydrogen-bond donors (Lipinski definition) is 1. The Hall–Kier alpha value is -4.15. The minimum Gasteiger partial charge on any atom is -0.480 e. The van der Waals surface area contributed by atoms with Crippen LogP contribution >= 0.6 is 0 Å². The Morgan fingerprint density at radius 1 is 1.11 bits per heavy atom. The third kappa shape index (κ3) is 6.29. The lowest BCUT2D eigenvalue weighted by atomic mass is 9.91. The quantitative estimate of drug-likeness (QED) is 0.488. The number of alkyl halides is 3. The largest absolute Gasteiger partial charge is 0.480 e. The molecule has 1 N–H and O–H groups in total. The second kappa shape index (κ2) is 10.6. The Balaban J connectivity index is 1.37. The number of pyridine rings is 1. The van der Waals surface area contributed by atoms with Crippen molar-refractivity contribution in [1.82, 2.24) is 19.9 Å². The zero-order valence-corrected chi connectivity index (χ0v) is 19.6. The van der Waals surface area contributed by atoms with Crippen LogP contribution in [-0.4, -0.2) is 46.1 Å². The number of nitrogens with zero attached hydrogens (tertiary/aromatic N) is 4. The van der Waals surface area contributed by atoms with E-state index in [1.165, 1.54) is 31.1 Å². The van der Waals surface area contributed by atoms with E-state index >= 15 is 0 Å². The molecule has 1 fully saturated rings.